The van der Waals surface area contributed by atoms with E-state index in [2.05, 4.69) is 53.2 Å². The maximum Gasteiger partial charge on any atom is 0.216 e. The average Bonchev–Trinajstić information content (AvgIpc) is 3.30. The summed E-state index contributed by atoms with van der Waals surface area (Å²) in [5, 5.41) is 6.93. The molecule has 1 saturated carbocycles. The van der Waals surface area contributed by atoms with E-state index in [4.69, 9.17) is 4.42 Å². The first-order valence-electron chi connectivity index (χ1n) is 9.70. The molecule has 3 rings (SSSR count). The van der Waals surface area contributed by atoms with Crippen LogP contribution in [0.2, 0.25) is 0 Å². The Bertz CT molecular complexity index is 577. The minimum atomic E-state index is -0.0206. The summed E-state index contributed by atoms with van der Waals surface area (Å²) in [5.41, 5.74) is -0.0206. The lowest BCUT2D eigenvalue weighted by molar-refractivity contribution is 0.197. The molecule has 1 aromatic heterocycles. The topological polar surface area (TPSA) is 65.7 Å². The van der Waals surface area contributed by atoms with Crippen LogP contribution in [0, 0.1) is 0 Å². The van der Waals surface area contributed by atoms with Gasteiger partial charge in [-0.25, -0.2) is 9.98 Å². The fourth-order valence-corrected chi connectivity index (χ4v) is 3.24. The Kier molecular flexibility index (Phi) is 5.67. The standard InChI is InChI=1S/C19H33N5O/c1-5-20-18(22-13-17-21-12-16(25-17)19(2,3)4)23-14-8-10-24(11-9-14)15-6-7-15/h12,14-15H,5-11,13H2,1-4H3,(H2,20,22,23). The molecule has 0 atom stereocenters. The van der Waals surface area contributed by atoms with Crippen LogP contribution in [-0.4, -0.2) is 47.6 Å². The maximum atomic E-state index is 5.83. The number of hydrogen-bond donors (Lipinski definition) is 2. The summed E-state index contributed by atoms with van der Waals surface area (Å²) >= 11 is 0. The molecule has 0 aromatic carbocycles. The molecule has 25 heavy (non-hydrogen) atoms. The summed E-state index contributed by atoms with van der Waals surface area (Å²) in [5.74, 6) is 2.44. The average molecular weight is 348 g/mol. The van der Waals surface area contributed by atoms with Crippen molar-refractivity contribution in [3.63, 3.8) is 0 Å². The van der Waals surface area contributed by atoms with Crippen molar-refractivity contribution in [1.82, 2.24) is 20.5 Å². The molecule has 1 aliphatic carbocycles. The molecule has 1 saturated heterocycles. The molecule has 0 bridgehead atoms. The SMILES string of the molecule is CCNC(=NCc1ncc(C(C)(C)C)o1)NC1CCN(C2CC2)CC1. The second kappa shape index (κ2) is 7.77. The largest absolute Gasteiger partial charge is 0.443 e. The normalized spacial score (nSPS) is 20.7. The smallest absolute Gasteiger partial charge is 0.216 e. The van der Waals surface area contributed by atoms with Crippen molar-refractivity contribution < 1.29 is 4.42 Å². The zero-order valence-electron chi connectivity index (χ0n) is 16.1. The van der Waals surface area contributed by atoms with Gasteiger partial charge in [0, 0.05) is 37.1 Å². The lowest BCUT2D eigenvalue weighted by atomic mass is 9.94. The Labute approximate surface area is 151 Å². The quantitative estimate of drug-likeness (QED) is 0.633. The van der Waals surface area contributed by atoms with E-state index in [1.54, 1.807) is 0 Å². The number of hydrogen-bond acceptors (Lipinski definition) is 4. The highest BCUT2D eigenvalue weighted by Gasteiger charge is 2.31. The molecule has 2 fully saturated rings. The third-order valence-corrected chi connectivity index (χ3v) is 4.94. The summed E-state index contributed by atoms with van der Waals surface area (Å²) in [7, 11) is 0. The molecule has 6 nitrogen and oxygen atoms in total. The van der Waals surface area contributed by atoms with Gasteiger partial charge in [-0.2, -0.15) is 0 Å². The summed E-state index contributed by atoms with van der Waals surface area (Å²) in [4.78, 5) is 11.7. The van der Waals surface area contributed by atoms with E-state index in [-0.39, 0.29) is 5.41 Å². The van der Waals surface area contributed by atoms with Gasteiger partial charge in [-0.1, -0.05) is 20.8 Å². The first-order valence-corrected chi connectivity index (χ1v) is 9.70. The van der Waals surface area contributed by atoms with Crippen LogP contribution >= 0.6 is 0 Å². The van der Waals surface area contributed by atoms with E-state index in [0.29, 0.717) is 18.5 Å². The van der Waals surface area contributed by atoms with Crippen molar-refractivity contribution in [3.8, 4) is 0 Å². The number of piperidine rings is 1. The van der Waals surface area contributed by atoms with Crippen LogP contribution in [0.15, 0.2) is 15.6 Å². The van der Waals surface area contributed by atoms with Gasteiger partial charge in [0.15, 0.2) is 5.96 Å². The zero-order valence-corrected chi connectivity index (χ0v) is 16.1. The van der Waals surface area contributed by atoms with Crippen molar-refractivity contribution in [2.45, 2.75) is 77.4 Å². The predicted octanol–water partition coefficient (Wildman–Crippen LogP) is 2.65. The lowest BCUT2D eigenvalue weighted by Crippen LogP contribution is -2.49. The Morgan fingerprint density at radius 2 is 2.00 bits per heavy atom. The third kappa shape index (κ3) is 5.21. The second-order valence-corrected chi connectivity index (χ2v) is 8.25. The molecule has 140 valence electrons. The second-order valence-electron chi connectivity index (χ2n) is 8.25. The van der Waals surface area contributed by atoms with E-state index in [0.717, 1.165) is 24.3 Å². The Balaban J connectivity index is 1.53. The summed E-state index contributed by atoms with van der Waals surface area (Å²) in [6.07, 6.45) is 6.99. The summed E-state index contributed by atoms with van der Waals surface area (Å²) in [6.45, 7) is 12.2. The number of aromatic nitrogens is 1. The minimum Gasteiger partial charge on any atom is -0.443 e. The molecule has 2 heterocycles. The van der Waals surface area contributed by atoms with Crippen LogP contribution in [0.4, 0.5) is 0 Å². The van der Waals surface area contributed by atoms with Gasteiger partial charge in [0.25, 0.3) is 0 Å². The Hall–Kier alpha value is -1.56. The van der Waals surface area contributed by atoms with Gasteiger partial charge in [-0.3, -0.25) is 0 Å². The Morgan fingerprint density at radius 1 is 1.28 bits per heavy atom. The van der Waals surface area contributed by atoms with E-state index >= 15 is 0 Å². The van der Waals surface area contributed by atoms with E-state index in [1.807, 2.05) is 6.20 Å². The van der Waals surface area contributed by atoms with Gasteiger partial charge in [-0.05, 0) is 32.6 Å². The third-order valence-electron chi connectivity index (χ3n) is 4.94. The van der Waals surface area contributed by atoms with E-state index in [1.165, 1.54) is 38.8 Å². The van der Waals surface area contributed by atoms with Crippen molar-refractivity contribution >= 4 is 5.96 Å². The monoisotopic (exact) mass is 347 g/mol. The molecule has 0 unspecified atom stereocenters. The maximum absolute atomic E-state index is 5.83. The number of likely N-dealkylation sites (tertiary alicyclic amines) is 1. The number of guanidine groups is 1. The van der Waals surface area contributed by atoms with Crippen molar-refractivity contribution in [2.24, 2.45) is 4.99 Å². The number of nitrogens with zero attached hydrogens (tertiary/aromatic N) is 3. The fourth-order valence-electron chi connectivity index (χ4n) is 3.24. The Morgan fingerprint density at radius 3 is 2.56 bits per heavy atom. The first-order chi connectivity index (χ1) is 12.0. The van der Waals surface area contributed by atoms with Crippen molar-refractivity contribution in [2.75, 3.05) is 19.6 Å². The first kappa shape index (κ1) is 18.2. The highest BCUT2D eigenvalue weighted by molar-refractivity contribution is 5.80. The van der Waals surface area contributed by atoms with Crippen LogP contribution in [0.3, 0.4) is 0 Å². The number of nitrogens with one attached hydrogen (secondary N) is 2. The number of rotatable bonds is 5. The molecule has 1 aromatic rings. The van der Waals surface area contributed by atoms with Crippen LogP contribution in [0.25, 0.3) is 0 Å². The van der Waals surface area contributed by atoms with Gasteiger partial charge in [-0.15, -0.1) is 0 Å². The van der Waals surface area contributed by atoms with Crippen molar-refractivity contribution in [3.05, 3.63) is 17.8 Å². The highest BCUT2D eigenvalue weighted by atomic mass is 16.4. The summed E-state index contributed by atoms with van der Waals surface area (Å²) < 4.78 is 5.83. The van der Waals surface area contributed by atoms with Gasteiger partial charge in [0.05, 0.1) is 6.20 Å². The van der Waals surface area contributed by atoms with E-state index in [9.17, 15) is 0 Å². The van der Waals surface area contributed by atoms with Crippen LogP contribution < -0.4 is 10.6 Å². The van der Waals surface area contributed by atoms with Crippen LogP contribution in [-0.2, 0) is 12.0 Å². The number of aliphatic imine (C=N–C) groups is 1. The minimum absolute atomic E-state index is 0.0206. The highest BCUT2D eigenvalue weighted by Crippen LogP contribution is 2.29. The van der Waals surface area contributed by atoms with Gasteiger partial charge in [0.1, 0.15) is 12.3 Å². The molecule has 0 spiro atoms. The van der Waals surface area contributed by atoms with E-state index < -0.39 is 0 Å². The van der Waals surface area contributed by atoms with Crippen molar-refractivity contribution in [1.29, 1.82) is 0 Å². The molecule has 2 aliphatic rings. The molecular formula is C19H33N5O. The van der Waals surface area contributed by atoms with Gasteiger partial charge >= 0.3 is 0 Å². The fraction of sp³-hybridized carbons (Fsp3) is 0.789. The molecular weight excluding hydrogens is 314 g/mol. The lowest BCUT2D eigenvalue weighted by Gasteiger charge is -2.33. The van der Waals surface area contributed by atoms with Gasteiger partial charge in [0.2, 0.25) is 5.89 Å². The molecule has 1 aliphatic heterocycles. The number of oxazole rings is 1. The zero-order chi connectivity index (χ0) is 17.9. The van der Waals surface area contributed by atoms with Crippen LogP contribution in [0.1, 0.15) is 65.0 Å². The summed E-state index contributed by atoms with van der Waals surface area (Å²) in [6, 6.07) is 1.38. The van der Waals surface area contributed by atoms with Crippen LogP contribution in [0.5, 0.6) is 0 Å². The predicted molar refractivity (Wildman–Crippen MR) is 101 cm³/mol. The molecule has 2 N–H and O–H groups in total. The van der Waals surface area contributed by atoms with Gasteiger partial charge < -0.3 is 20.0 Å². The molecule has 0 amide bonds. The molecule has 0 radical (unpaired) electrons. The molecule has 6 heteroatoms.